The Labute approximate surface area is 144 Å². The summed E-state index contributed by atoms with van der Waals surface area (Å²) in [5.41, 5.74) is 1.35. The number of aryl methyl sites for hydroxylation is 1. The molecular weight excluding hydrogens is 304 g/mol. The first-order valence-electron chi connectivity index (χ1n) is 8.51. The van der Waals surface area contributed by atoms with Crippen molar-refractivity contribution >= 4 is 12.0 Å². The van der Waals surface area contributed by atoms with Crippen molar-refractivity contribution < 1.29 is 14.3 Å². The predicted octanol–water partition coefficient (Wildman–Crippen LogP) is 3.37. The number of ether oxygens (including phenoxy) is 1. The molecule has 2 unspecified atom stereocenters. The van der Waals surface area contributed by atoms with E-state index in [0.717, 1.165) is 12.0 Å². The Kier molecular flexibility index (Phi) is 5.52. The lowest BCUT2D eigenvalue weighted by atomic mass is 9.93. The van der Waals surface area contributed by atoms with Gasteiger partial charge in [-0.3, -0.25) is 4.79 Å². The molecule has 0 saturated carbocycles. The minimum Gasteiger partial charge on any atom is -0.444 e. The molecule has 0 aliphatic carbocycles. The van der Waals surface area contributed by atoms with Crippen LogP contribution in [-0.2, 0) is 4.74 Å². The van der Waals surface area contributed by atoms with E-state index in [4.69, 9.17) is 4.74 Å². The predicted molar refractivity (Wildman–Crippen MR) is 94.0 cm³/mol. The van der Waals surface area contributed by atoms with E-state index >= 15 is 0 Å². The minimum atomic E-state index is -0.505. The van der Waals surface area contributed by atoms with Crippen LogP contribution in [0.2, 0.25) is 0 Å². The van der Waals surface area contributed by atoms with Crippen LogP contribution in [0.15, 0.2) is 24.3 Å². The van der Waals surface area contributed by atoms with Gasteiger partial charge in [0.1, 0.15) is 5.60 Å². The van der Waals surface area contributed by atoms with Gasteiger partial charge in [0.2, 0.25) is 0 Å². The van der Waals surface area contributed by atoms with Gasteiger partial charge in [-0.2, -0.15) is 0 Å². The smallest absolute Gasteiger partial charge is 0.407 e. The molecule has 0 spiro atoms. The molecule has 0 bridgehead atoms. The molecule has 5 nitrogen and oxygen atoms in total. The summed E-state index contributed by atoms with van der Waals surface area (Å²) in [6.45, 7) is 10.9. The average Bonchev–Trinajstić information content (AvgIpc) is 2.47. The number of benzene rings is 1. The van der Waals surface area contributed by atoms with Gasteiger partial charge in [-0.15, -0.1) is 0 Å². The molecule has 1 saturated heterocycles. The number of rotatable bonds is 2. The number of piperidine rings is 1. The first kappa shape index (κ1) is 18.3. The first-order valence-corrected chi connectivity index (χ1v) is 8.51. The second-order valence-electron chi connectivity index (χ2n) is 7.64. The van der Waals surface area contributed by atoms with Crippen molar-refractivity contribution in [3.63, 3.8) is 0 Å². The topological polar surface area (TPSA) is 58.6 Å². The van der Waals surface area contributed by atoms with Gasteiger partial charge in [0.25, 0.3) is 5.91 Å². The van der Waals surface area contributed by atoms with Crippen LogP contribution in [0.1, 0.15) is 50.0 Å². The molecule has 2 rings (SSSR count). The third kappa shape index (κ3) is 4.98. The summed E-state index contributed by atoms with van der Waals surface area (Å²) in [4.78, 5) is 26.4. The lowest BCUT2D eigenvalue weighted by molar-refractivity contribution is 0.0431. The van der Waals surface area contributed by atoms with Crippen LogP contribution in [0.4, 0.5) is 4.79 Å². The fourth-order valence-electron chi connectivity index (χ4n) is 2.88. The van der Waals surface area contributed by atoms with E-state index in [2.05, 4.69) is 12.2 Å². The molecular formula is C19H28N2O3. The second kappa shape index (κ2) is 7.24. The van der Waals surface area contributed by atoms with Gasteiger partial charge in [0.05, 0.1) is 0 Å². The number of carbonyl (C=O) groups excluding carboxylic acids is 2. The molecule has 1 heterocycles. The highest BCUT2D eigenvalue weighted by Gasteiger charge is 2.31. The highest BCUT2D eigenvalue weighted by atomic mass is 16.6. The molecule has 0 radical (unpaired) electrons. The molecule has 1 aromatic carbocycles. The lowest BCUT2D eigenvalue weighted by Crippen LogP contribution is -2.52. The number of likely N-dealkylation sites (tertiary alicyclic amines) is 1. The standard InChI is InChI=1S/C19H28N2O3/c1-13-6-8-15(9-7-13)17(22)21-11-10-16(14(2)12-21)20-18(23)24-19(3,4)5/h6-9,14,16H,10-12H2,1-5H3,(H,20,23). The maximum absolute atomic E-state index is 12.6. The molecule has 2 amide bonds. The van der Waals surface area contributed by atoms with Crippen LogP contribution in [0, 0.1) is 12.8 Å². The fourth-order valence-corrected chi connectivity index (χ4v) is 2.88. The zero-order valence-corrected chi connectivity index (χ0v) is 15.3. The van der Waals surface area contributed by atoms with E-state index in [1.54, 1.807) is 0 Å². The zero-order chi connectivity index (χ0) is 17.9. The number of hydrogen-bond acceptors (Lipinski definition) is 3. The van der Waals surface area contributed by atoms with E-state index < -0.39 is 11.7 Å². The van der Waals surface area contributed by atoms with Crippen molar-refractivity contribution in [2.75, 3.05) is 13.1 Å². The lowest BCUT2D eigenvalue weighted by Gasteiger charge is -2.37. The van der Waals surface area contributed by atoms with Gasteiger partial charge in [0.15, 0.2) is 0 Å². The van der Waals surface area contributed by atoms with E-state index in [0.29, 0.717) is 18.7 Å². The molecule has 24 heavy (non-hydrogen) atoms. The number of alkyl carbamates (subject to hydrolysis) is 1. The Morgan fingerprint density at radius 1 is 1.21 bits per heavy atom. The van der Waals surface area contributed by atoms with E-state index in [1.165, 1.54) is 0 Å². The Bertz CT molecular complexity index is 590. The molecule has 1 aliphatic heterocycles. The second-order valence-corrected chi connectivity index (χ2v) is 7.64. The van der Waals surface area contributed by atoms with Gasteiger partial charge in [0, 0.05) is 24.7 Å². The van der Waals surface area contributed by atoms with E-state index in [-0.39, 0.29) is 17.9 Å². The maximum atomic E-state index is 12.6. The van der Waals surface area contributed by atoms with Crippen LogP contribution in [0.25, 0.3) is 0 Å². The van der Waals surface area contributed by atoms with Gasteiger partial charge in [-0.1, -0.05) is 24.6 Å². The maximum Gasteiger partial charge on any atom is 0.407 e. The van der Waals surface area contributed by atoms with Crippen LogP contribution in [0.5, 0.6) is 0 Å². The number of carbonyl (C=O) groups is 2. The average molecular weight is 332 g/mol. The summed E-state index contributed by atoms with van der Waals surface area (Å²) < 4.78 is 5.31. The fraction of sp³-hybridized carbons (Fsp3) is 0.579. The summed E-state index contributed by atoms with van der Waals surface area (Å²) in [6, 6.07) is 7.67. The molecule has 1 fully saturated rings. The Balaban J connectivity index is 1.91. The molecule has 1 aliphatic rings. The summed E-state index contributed by atoms with van der Waals surface area (Å²) in [5, 5.41) is 2.93. The SMILES string of the molecule is Cc1ccc(C(=O)N2CCC(NC(=O)OC(C)(C)C)C(C)C2)cc1. The summed E-state index contributed by atoms with van der Waals surface area (Å²) in [5.74, 6) is 0.234. The monoisotopic (exact) mass is 332 g/mol. The molecule has 0 aromatic heterocycles. The molecule has 2 atom stereocenters. The number of amides is 2. The number of hydrogen-bond donors (Lipinski definition) is 1. The van der Waals surface area contributed by atoms with Crippen molar-refractivity contribution in [1.82, 2.24) is 10.2 Å². The van der Waals surface area contributed by atoms with E-state index in [1.807, 2.05) is 56.9 Å². The third-order valence-corrected chi connectivity index (χ3v) is 4.19. The van der Waals surface area contributed by atoms with Crippen LogP contribution < -0.4 is 5.32 Å². The molecule has 1 N–H and O–H groups in total. The van der Waals surface area contributed by atoms with E-state index in [9.17, 15) is 9.59 Å². The van der Waals surface area contributed by atoms with Crippen molar-refractivity contribution in [2.45, 2.75) is 52.7 Å². The van der Waals surface area contributed by atoms with Crippen LogP contribution in [0.3, 0.4) is 0 Å². The summed E-state index contributed by atoms with van der Waals surface area (Å²) >= 11 is 0. The van der Waals surface area contributed by atoms with Crippen LogP contribution in [-0.4, -0.2) is 41.6 Å². The summed E-state index contributed by atoms with van der Waals surface area (Å²) in [7, 11) is 0. The highest BCUT2D eigenvalue weighted by Crippen LogP contribution is 2.20. The van der Waals surface area contributed by atoms with Gasteiger partial charge < -0.3 is 15.0 Å². The molecule has 132 valence electrons. The highest BCUT2D eigenvalue weighted by molar-refractivity contribution is 5.94. The number of nitrogens with zero attached hydrogens (tertiary/aromatic N) is 1. The van der Waals surface area contributed by atoms with Crippen molar-refractivity contribution in [1.29, 1.82) is 0 Å². The largest absolute Gasteiger partial charge is 0.444 e. The minimum absolute atomic E-state index is 0.0296. The van der Waals surface area contributed by atoms with Gasteiger partial charge >= 0.3 is 6.09 Å². The van der Waals surface area contributed by atoms with Gasteiger partial charge in [-0.05, 0) is 52.2 Å². The summed E-state index contributed by atoms with van der Waals surface area (Å²) in [6.07, 6.45) is 0.343. The quantitative estimate of drug-likeness (QED) is 0.903. The number of nitrogens with one attached hydrogen (secondary N) is 1. The Hall–Kier alpha value is -2.04. The Morgan fingerprint density at radius 3 is 2.38 bits per heavy atom. The third-order valence-electron chi connectivity index (χ3n) is 4.19. The van der Waals surface area contributed by atoms with Crippen molar-refractivity contribution in [2.24, 2.45) is 5.92 Å². The normalized spacial score (nSPS) is 21.3. The molecule has 1 aromatic rings. The van der Waals surface area contributed by atoms with Crippen LogP contribution >= 0.6 is 0 Å². The van der Waals surface area contributed by atoms with Crippen molar-refractivity contribution in [3.8, 4) is 0 Å². The Morgan fingerprint density at radius 2 is 1.83 bits per heavy atom. The molecule has 5 heteroatoms. The van der Waals surface area contributed by atoms with Crippen molar-refractivity contribution in [3.05, 3.63) is 35.4 Å². The van der Waals surface area contributed by atoms with Gasteiger partial charge in [-0.25, -0.2) is 4.79 Å². The zero-order valence-electron chi connectivity index (χ0n) is 15.3. The first-order chi connectivity index (χ1) is 11.2.